The Balaban J connectivity index is 1.99. The lowest BCUT2D eigenvalue weighted by Crippen LogP contribution is -2.22. The predicted octanol–water partition coefficient (Wildman–Crippen LogP) is 4.20. The summed E-state index contributed by atoms with van der Waals surface area (Å²) in [6.45, 7) is 1.97. The molecule has 4 nitrogen and oxygen atoms in total. The van der Waals surface area contributed by atoms with E-state index in [0.717, 1.165) is 15.6 Å². The monoisotopic (exact) mass is 382 g/mol. The van der Waals surface area contributed by atoms with Gasteiger partial charge >= 0.3 is 0 Å². The van der Waals surface area contributed by atoms with Crippen LogP contribution < -0.4 is 10.5 Å². The molecule has 0 amide bonds. The van der Waals surface area contributed by atoms with Crippen LogP contribution in [0, 0.1) is 18.3 Å². The van der Waals surface area contributed by atoms with Crippen molar-refractivity contribution in [1.29, 1.82) is 5.26 Å². The van der Waals surface area contributed by atoms with E-state index in [2.05, 4.69) is 22.0 Å². The van der Waals surface area contributed by atoms with E-state index in [9.17, 15) is 10.1 Å². The van der Waals surface area contributed by atoms with Crippen molar-refractivity contribution >= 4 is 21.7 Å². The van der Waals surface area contributed by atoms with Gasteiger partial charge in [0.15, 0.2) is 5.78 Å². The van der Waals surface area contributed by atoms with Crippen molar-refractivity contribution in [3.8, 4) is 11.8 Å². The third-order valence-corrected chi connectivity index (χ3v) is 4.56. The van der Waals surface area contributed by atoms with Crippen molar-refractivity contribution in [2.45, 2.75) is 19.3 Å². The van der Waals surface area contributed by atoms with Gasteiger partial charge in [-0.05, 0) is 25.1 Å². The van der Waals surface area contributed by atoms with Crippen LogP contribution in [0.3, 0.4) is 0 Å². The number of carbonyl (C=O) groups excluding carboxylic acids is 1. The average Bonchev–Trinajstić information content (AvgIpc) is 2.56. The maximum atomic E-state index is 12.7. The Morgan fingerprint density at radius 3 is 2.67 bits per heavy atom. The fraction of sp³-hybridized carbons (Fsp3) is 0.158. The van der Waals surface area contributed by atoms with E-state index in [0.29, 0.717) is 16.9 Å². The smallest absolute Gasteiger partial charge is 0.205 e. The van der Waals surface area contributed by atoms with E-state index in [-0.39, 0.29) is 18.1 Å². The minimum Gasteiger partial charge on any atom is -0.440 e. The second-order valence-electron chi connectivity index (χ2n) is 5.72. The number of carbonyl (C=O) groups is 1. The van der Waals surface area contributed by atoms with Crippen molar-refractivity contribution in [3.05, 3.63) is 75.1 Å². The Morgan fingerprint density at radius 1 is 1.29 bits per heavy atom. The summed E-state index contributed by atoms with van der Waals surface area (Å²) in [6, 6.07) is 15.0. The lowest BCUT2D eigenvalue weighted by atomic mass is 9.84. The molecule has 1 aliphatic rings. The molecule has 0 fully saturated rings. The molecule has 1 aliphatic heterocycles. The molecule has 0 saturated heterocycles. The largest absolute Gasteiger partial charge is 0.440 e. The third kappa shape index (κ3) is 3.06. The Bertz CT molecular complexity index is 879. The zero-order chi connectivity index (χ0) is 17.3. The SMILES string of the molecule is Cc1ccc(C(=O)CC2C(C#N)=C(N)Oc3ccc(Br)cc32)cc1. The highest BCUT2D eigenvalue weighted by atomic mass is 79.9. The van der Waals surface area contributed by atoms with Gasteiger partial charge in [-0.15, -0.1) is 0 Å². The van der Waals surface area contributed by atoms with Crippen molar-refractivity contribution in [2.24, 2.45) is 5.73 Å². The molecule has 2 N–H and O–H groups in total. The van der Waals surface area contributed by atoms with Gasteiger partial charge in [0.2, 0.25) is 5.88 Å². The molecule has 24 heavy (non-hydrogen) atoms. The standard InChI is InChI=1S/C19H15BrN2O2/c1-11-2-4-12(5-3-11)17(23)9-14-15-8-13(20)6-7-18(15)24-19(22)16(14)10-21/h2-8,14H,9,22H2,1H3. The van der Waals surface area contributed by atoms with E-state index < -0.39 is 5.92 Å². The lowest BCUT2D eigenvalue weighted by Gasteiger charge is -2.25. The highest BCUT2D eigenvalue weighted by molar-refractivity contribution is 9.10. The molecule has 3 rings (SSSR count). The van der Waals surface area contributed by atoms with Gasteiger partial charge in [0, 0.05) is 27.9 Å². The van der Waals surface area contributed by atoms with Crippen LogP contribution in [-0.4, -0.2) is 5.78 Å². The van der Waals surface area contributed by atoms with Crippen LogP contribution in [-0.2, 0) is 0 Å². The number of hydrogen-bond donors (Lipinski definition) is 1. The second kappa shape index (κ2) is 6.50. The molecule has 5 heteroatoms. The number of ketones is 1. The molecule has 0 aliphatic carbocycles. The molecular weight excluding hydrogens is 368 g/mol. The van der Waals surface area contributed by atoms with Gasteiger partial charge in [-0.2, -0.15) is 5.26 Å². The van der Waals surface area contributed by atoms with E-state index in [4.69, 9.17) is 10.5 Å². The molecule has 1 unspecified atom stereocenters. The fourth-order valence-electron chi connectivity index (χ4n) is 2.77. The highest BCUT2D eigenvalue weighted by Gasteiger charge is 2.31. The molecule has 0 spiro atoms. The van der Waals surface area contributed by atoms with Crippen LogP contribution >= 0.6 is 15.9 Å². The number of halogens is 1. The summed E-state index contributed by atoms with van der Waals surface area (Å²) in [5, 5.41) is 9.46. The molecule has 0 radical (unpaired) electrons. The van der Waals surface area contributed by atoms with Crippen LogP contribution in [0.4, 0.5) is 0 Å². The second-order valence-corrected chi connectivity index (χ2v) is 6.64. The fourth-order valence-corrected chi connectivity index (χ4v) is 3.15. The van der Waals surface area contributed by atoms with E-state index in [1.165, 1.54) is 0 Å². The topological polar surface area (TPSA) is 76.1 Å². The van der Waals surface area contributed by atoms with Crippen molar-refractivity contribution in [3.63, 3.8) is 0 Å². The van der Waals surface area contributed by atoms with Crippen molar-refractivity contribution < 1.29 is 9.53 Å². The number of fused-ring (bicyclic) bond motifs is 1. The minimum absolute atomic E-state index is 0.0339. The summed E-state index contributed by atoms with van der Waals surface area (Å²) >= 11 is 3.42. The van der Waals surface area contributed by atoms with Crippen molar-refractivity contribution in [2.75, 3.05) is 0 Å². The van der Waals surface area contributed by atoms with Crippen LogP contribution in [0.15, 0.2) is 58.4 Å². The first-order chi connectivity index (χ1) is 11.5. The van der Waals surface area contributed by atoms with Crippen LogP contribution in [0.1, 0.15) is 33.8 Å². The summed E-state index contributed by atoms with van der Waals surface area (Å²) in [5.74, 6) is 0.198. The molecular formula is C19H15BrN2O2. The summed E-state index contributed by atoms with van der Waals surface area (Å²) < 4.78 is 6.38. The molecule has 2 aromatic carbocycles. The normalized spacial score (nSPS) is 16.1. The number of aryl methyl sites for hydroxylation is 1. The van der Waals surface area contributed by atoms with Crippen LogP contribution in [0.2, 0.25) is 0 Å². The Morgan fingerprint density at radius 2 is 2.00 bits per heavy atom. The minimum atomic E-state index is -0.412. The Kier molecular flexibility index (Phi) is 4.41. The first-order valence-electron chi connectivity index (χ1n) is 7.46. The van der Waals surface area contributed by atoms with Crippen LogP contribution in [0.25, 0.3) is 0 Å². The quantitative estimate of drug-likeness (QED) is 0.806. The average molecular weight is 383 g/mol. The van der Waals surface area contributed by atoms with Gasteiger partial charge in [-0.3, -0.25) is 4.79 Å². The first-order valence-corrected chi connectivity index (χ1v) is 8.26. The summed E-state index contributed by atoms with van der Waals surface area (Å²) in [4.78, 5) is 12.7. The molecule has 2 aromatic rings. The number of ether oxygens (including phenoxy) is 1. The maximum absolute atomic E-state index is 12.7. The van der Waals surface area contributed by atoms with Gasteiger partial charge < -0.3 is 10.5 Å². The summed E-state index contributed by atoms with van der Waals surface area (Å²) in [6.07, 6.45) is 0.166. The van der Waals surface area contributed by atoms with Gasteiger partial charge in [0.1, 0.15) is 11.8 Å². The van der Waals surface area contributed by atoms with E-state index >= 15 is 0 Å². The third-order valence-electron chi connectivity index (χ3n) is 4.06. The zero-order valence-corrected chi connectivity index (χ0v) is 14.6. The number of Topliss-reactive ketones (excluding diaryl/α,β-unsaturated/α-hetero) is 1. The number of hydrogen-bond acceptors (Lipinski definition) is 4. The van der Waals surface area contributed by atoms with Gasteiger partial charge in [-0.1, -0.05) is 45.8 Å². The number of nitrogens with two attached hydrogens (primary N) is 1. The molecule has 0 bridgehead atoms. The Labute approximate surface area is 148 Å². The number of nitriles is 1. The highest BCUT2D eigenvalue weighted by Crippen LogP contribution is 2.41. The first kappa shape index (κ1) is 16.3. The summed E-state index contributed by atoms with van der Waals surface area (Å²) in [7, 11) is 0. The van der Waals surface area contributed by atoms with Gasteiger partial charge in [-0.25, -0.2) is 0 Å². The molecule has 1 heterocycles. The number of rotatable bonds is 3. The van der Waals surface area contributed by atoms with Crippen LogP contribution in [0.5, 0.6) is 5.75 Å². The molecule has 1 atom stereocenters. The number of benzene rings is 2. The molecule has 0 aromatic heterocycles. The number of nitrogens with zero attached hydrogens (tertiary/aromatic N) is 1. The predicted molar refractivity (Wildman–Crippen MR) is 94.5 cm³/mol. The lowest BCUT2D eigenvalue weighted by molar-refractivity contribution is 0.0976. The van der Waals surface area contributed by atoms with Gasteiger partial charge in [0.25, 0.3) is 0 Å². The Hall–Kier alpha value is -2.58. The number of allylic oxidation sites excluding steroid dienone is 1. The van der Waals surface area contributed by atoms with Gasteiger partial charge in [0.05, 0.1) is 5.57 Å². The van der Waals surface area contributed by atoms with E-state index in [1.807, 2.05) is 31.2 Å². The molecule has 0 saturated carbocycles. The zero-order valence-electron chi connectivity index (χ0n) is 13.0. The molecule has 120 valence electrons. The van der Waals surface area contributed by atoms with E-state index in [1.54, 1.807) is 18.2 Å². The summed E-state index contributed by atoms with van der Waals surface area (Å²) in [5.41, 5.74) is 8.68. The maximum Gasteiger partial charge on any atom is 0.205 e. The van der Waals surface area contributed by atoms with Crippen molar-refractivity contribution in [1.82, 2.24) is 0 Å².